The molecule has 2 fully saturated rings. The predicted octanol–water partition coefficient (Wildman–Crippen LogP) is 3.16. The quantitative estimate of drug-likeness (QED) is 0.396. The van der Waals surface area contributed by atoms with Crippen molar-refractivity contribution < 1.29 is 19.4 Å². The molecule has 30 heavy (non-hydrogen) atoms. The van der Waals surface area contributed by atoms with Gasteiger partial charge in [-0.05, 0) is 30.5 Å². The highest BCUT2D eigenvalue weighted by atomic mass is 16.5. The number of carbonyl (C=O) groups excluding carboxylic acids is 2. The lowest BCUT2D eigenvalue weighted by molar-refractivity contribution is -0.140. The smallest absolute Gasteiger partial charge is 0.295 e. The van der Waals surface area contributed by atoms with E-state index in [-0.39, 0.29) is 17.4 Å². The molecule has 2 aliphatic heterocycles. The Morgan fingerprint density at radius 3 is 2.87 bits per heavy atom. The molecule has 152 valence electrons. The number of benzene rings is 1. The van der Waals surface area contributed by atoms with Crippen LogP contribution < -0.4 is 0 Å². The van der Waals surface area contributed by atoms with Crippen LogP contribution >= 0.6 is 0 Å². The summed E-state index contributed by atoms with van der Waals surface area (Å²) in [5, 5.41) is 12.0. The van der Waals surface area contributed by atoms with Crippen molar-refractivity contribution in [1.29, 1.82) is 0 Å². The van der Waals surface area contributed by atoms with Crippen LogP contribution in [-0.2, 0) is 14.3 Å². The number of pyridine rings is 1. The van der Waals surface area contributed by atoms with Crippen molar-refractivity contribution in [3.63, 3.8) is 0 Å². The minimum absolute atomic E-state index is 0.0794. The number of para-hydroxylation sites is 1. The van der Waals surface area contributed by atoms with Crippen molar-refractivity contribution in [3.05, 3.63) is 71.7 Å². The number of aliphatic hydroxyl groups excluding tert-OH is 1. The third kappa shape index (κ3) is 2.98. The summed E-state index contributed by atoms with van der Waals surface area (Å²) in [6, 6.07) is 10.4. The minimum Gasteiger partial charge on any atom is -0.507 e. The molecular formula is C23H21N3O4. The van der Waals surface area contributed by atoms with Gasteiger partial charge in [0.1, 0.15) is 5.76 Å². The summed E-state index contributed by atoms with van der Waals surface area (Å²) in [6.07, 6.45) is 6.58. The molecule has 2 aliphatic rings. The average molecular weight is 403 g/mol. The molecular weight excluding hydrogens is 382 g/mol. The van der Waals surface area contributed by atoms with Gasteiger partial charge in [0.05, 0.1) is 17.7 Å². The maximum absolute atomic E-state index is 13.1. The van der Waals surface area contributed by atoms with E-state index in [1.54, 1.807) is 24.7 Å². The van der Waals surface area contributed by atoms with Crippen molar-refractivity contribution in [2.75, 3.05) is 13.2 Å². The van der Waals surface area contributed by atoms with Gasteiger partial charge < -0.3 is 19.7 Å². The zero-order chi connectivity index (χ0) is 20.7. The molecule has 3 aromatic rings. The second-order valence-electron chi connectivity index (χ2n) is 7.62. The lowest BCUT2D eigenvalue weighted by atomic mass is 9.96. The number of H-pyrrole nitrogens is 1. The van der Waals surface area contributed by atoms with Crippen molar-refractivity contribution in [3.8, 4) is 0 Å². The number of nitrogens with zero attached hydrogens (tertiary/aromatic N) is 2. The number of aromatic amines is 1. The van der Waals surface area contributed by atoms with Gasteiger partial charge in [0, 0.05) is 48.2 Å². The van der Waals surface area contributed by atoms with E-state index in [9.17, 15) is 14.7 Å². The number of hydrogen-bond acceptors (Lipinski definition) is 5. The molecule has 4 heterocycles. The predicted molar refractivity (Wildman–Crippen MR) is 111 cm³/mol. The molecule has 0 saturated carbocycles. The number of ketones is 1. The molecule has 1 amide bonds. The summed E-state index contributed by atoms with van der Waals surface area (Å²) in [7, 11) is 0. The molecule has 0 radical (unpaired) electrons. The molecule has 5 rings (SSSR count). The third-order valence-corrected chi connectivity index (χ3v) is 5.81. The number of amides is 1. The Kier molecular flexibility index (Phi) is 4.59. The van der Waals surface area contributed by atoms with Crippen LogP contribution in [0.3, 0.4) is 0 Å². The van der Waals surface area contributed by atoms with Crippen LogP contribution in [0.1, 0.15) is 30.0 Å². The highest BCUT2D eigenvalue weighted by molar-refractivity contribution is 6.46. The molecule has 2 atom stereocenters. The molecule has 0 bridgehead atoms. The second kappa shape index (κ2) is 7.42. The zero-order valence-electron chi connectivity index (χ0n) is 16.2. The number of aromatic nitrogens is 2. The molecule has 2 aromatic heterocycles. The Hall–Kier alpha value is -3.45. The molecule has 2 saturated heterocycles. The van der Waals surface area contributed by atoms with Gasteiger partial charge in [0.15, 0.2) is 0 Å². The minimum atomic E-state index is -0.712. The van der Waals surface area contributed by atoms with E-state index in [4.69, 9.17) is 4.74 Å². The van der Waals surface area contributed by atoms with E-state index in [0.29, 0.717) is 24.3 Å². The SMILES string of the molecule is O=C1C(=O)N(CC2CCCO2)C(c2cccnc2)/C1=C(/O)c1c[nH]c2ccccc12. The third-order valence-electron chi connectivity index (χ3n) is 5.81. The standard InChI is InChI=1S/C23H21N3O4/c27-21(17-12-25-18-8-2-1-7-16(17)18)19-20(14-5-3-9-24-11-14)26(23(29)22(19)28)13-15-6-4-10-30-15/h1-3,5,7-9,11-12,15,20,25,27H,4,6,10,13H2/b21-19-. The van der Waals surface area contributed by atoms with Crippen LogP contribution in [0.4, 0.5) is 0 Å². The van der Waals surface area contributed by atoms with Crippen molar-refractivity contribution >= 4 is 28.4 Å². The van der Waals surface area contributed by atoms with E-state index < -0.39 is 17.7 Å². The number of carbonyl (C=O) groups is 2. The number of ether oxygens (including phenoxy) is 1. The first-order valence-electron chi connectivity index (χ1n) is 10.0. The van der Waals surface area contributed by atoms with Crippen LogP contribution in [0.2, 0.25) is 0 Å². The van der Waals surface area contributed by atoms with E-state index >= 15 is 0 Å². The van der Waals surface area contributed by atoms with Crippen LogP contribution in [0.25, 0.3) is 16.7 Å². The van der Waals surface area contributed by atoms with Gasteiger partial charge in [-0.25, -0.2) is 0 Å². The Bertz CT molecular complexity index is 1150. The van der Waals surface area contributed by atoms with Gasteiger partial charge in [-0.15, -0.1) is 0 Å². The van der Waals surface area contributed by atoms with Crippen LogP contribution in [0.5, 0.6) is 0 Å². The van der Waals surface area contributed by atoms with E-state index in [2.05, 4.69) is 9.97 Å². The van der Waals surface area contributed by atoms with Gasteiger partial charge in [-0.3, -0.25) is 14.6 Å². The van der Waals surface area contributed by atoms with Crippen LogP contribution in [0, 0.1) is 0 Å². The fourth-order valence-electron chi connectivity index (χ4n) is 4.37. The summed E-state index contributed by atoms with van der Waals surface area (Å²) in [4.78, 5) is 34.8. The van der Waals surface area contributed by atoms with E-state index in [1.807, 2.05) is 30.3 Å². The van der Waals surface area contributed by atoms with E-state index in [1.165, 1.54) is 4.90 Å². The highest BCUT2D eigenvalue weighted by Crippen LogP contribution is 2.40. The van der Waals surface area contributed by atoms with E-state index in [0.717, 1.165) is 23.7 Å². The Labute approximate surface area is 173 Å². The number of nitrogens with one attached hydrogen (secondary N) is 1. The fourth-order valence-corrected chi connectivity index (χ4v) is 4.37. The normalized spacial score (nSPS) is 23.5. The molecule has 2 N–H and O–H groups in total. The molecule has 0 spiro atoms. The van der Waals surface area contributed by atoms with Gasteiger partial charge in [0.2, 0.25) is 0 Å². The van der Waals surface area contributed by atoms with Crippen molar-refractivity contribution in [2.24, 2.45) is 0 Å². The molecule has 7 heteroatoms. The fraction of sp³-hybridized carbons (Fsp3) is 0.261. The summed E-state index contributed by atoms with van der Waals surface area (Å²) in [5.74, 6) is -1.50. The summed E-state index contributed by atoms with van der Waals surface area (Å²) in [5.41, 5.74) is 2.09. The first kappa shape index (κ1) is 18.6. The second-order valence-corrected chi connectivity index (χ2v) is 7.62. The first-order valence-corrected chi connectivity index (χ1v) is 10.0. The number of likely N-dealkylation sites (tertiary alicyclic amines) is 1. The van der Waals surface area contributed by atoms with Gasteiger partial charge in [-0.2, -0.15) is 0 Å². The Morgan fingerprint density at radius 2 is 2.10 bits per heavy atom. The average Bonchev–Trinajstić information content (AvgIpc) is 3.49. The van der Waals surface area contributed by atoms with Gasteiger partial charge >= 0.3 is 0 Å². The molecule has 0 aliphatic carbocycles. The molecule has 7 nitrogen and oxygen atoms in total. The summed E-state index contributed by atoms with van der Waals surface area (Å²) < 4.78 is 5.70. The lowest BCUT2D eigenvalue weighted by Crippen LogP contribution is -2.36. The number of rotatable bonds is 4. The Morgan fingerprint density at radius 1 is 1.23 bits per heavy atom. The summed E-state index contributed by atoms with van der Waals surface area (Å²) >= 11 is 0. The first-order chi connectivity index (χ1) is 14.6. The topological polar surface area (TPSA) is 95.5 Å². The lowest BCUT2D eigenvalue weighted by Gasteiger charge is -2.27. The zero-order valence-corrected chi connectivity index (χ0v) is 16.2. The number of Topliss-reactive ketones (excluding diaryl/α,β-unsaturated/α-hetero) is 1. The van der Waals surface area contributed by atoms with Crippen LogP contribution in [0.15, 0.2) is 60.6 Å². The number of hydrogen-bond donors (Lipinski definition) is 2. The monoisotopic (exact) mass is 403 g/mol. The molecule has 1 aromatic carbocycles. The van der Waals surface area contributed by atoms with Gasteiger partial charge in [0.25, 0.3) is 11.7 Å². The highest BCUT2D eigenvalue weighted by Gasteiger charge is 2.47. The maximum Gasteiger partial charge on any atom is 0.295 e. The maximum atomic E-state index is 13.1. The van der Waals surface area contributed by atoms with Crippen molar-refractivity contribution in [1.82, 2.24) is 14.9 Å². The number of aliphatic hydroxyl groups is 1. The number of fused-ring (bicyclic) bond motifs is 1. The van der Waals surface area contributed by atoms with Crippen LogP contribution in [-0.4, -0.2) is 50.9 Å². The summed E-state index contributed by atoms with van der Waals surface area (Å²) in [6.45, 7) is 0.955. The largest absolute Gasteiger partial charge is 0.507 e. The molecule has 2 unspecified atom stereocenters. The van der Waals surface area contributed by atoms with Crippen molar-refractivity contribution in [2.45, 2.75) is 25.0 Å². The Balaban J connectivity index is 1.65. The van der Waals surface area contributed by atoms with Gasteiger partial charge in [-0.1, -0.05) is 24.3 Å².